The monoisotopic (exact) mass is 536 g/mol. The summed E-state index contributed by atoms with van der Waals surface area (Å²) in [4.78, 5) is 27.4. The molecular weight excluding hydrogens is 511 g/mol. The van der Waals surface area contributed by atoms with Gasteiger partial charge in [0.1, 0.15) is 10.1 Å². The summed E-state index contributed by atoms with van der Waals surface area (Å²) < 4.78 is 25.8. The number of amides is 2. The van der Waals surface area contributed by atoms with Gasteiger partial charge in [-0.15, -0.1) is 0 Å². The van der Waals surface area contributed by atoms with Crippen molar-refractivity contribution in [3.05, 3.63) is 94.1 Å². The van der Waals surface area contributed by atoms with Gasteiger partial charge in [-0.3, -0.25) is 14.5 Å². The molecule has 1 fully saturated rings. The molecule has 0 atom stereocenters. The third-order valence-corrected chi connectivity index (χ3v) is 6.75. The lowest BCUT2D eigenvalue weighted by Gasteiger charge is -2.14. The Bertz CT molecular complexity index is 1360. The van der Waals surface area contributed by atoms with Crippen molar-refractivity contribution in [2.24, 2.45) is 0 Å². The van der Waals surface area contributed by atoms with Crippen molar-refractivity contribution >= 4 is 51.9 Å². The predicted octanol–water partition coefficient (Wildman–Crippen LogP) is 5.95. The van der Waals surface area contributed by atoms with Gasteiger partial charge in [0, 0.05) is 0 Å². The van der Waals surface area contributed by atoms with Crippen LogP contribution in [0.2, 0.25) is 0 Å². The Kier molecular flexibility index (Phi) is 8.58. The minimum atomic E-state index is -0.521. The predicted molar refractivity (Wildman–Crippen MR) is 148 cm³/mol. The normalized spacial score (nSPS) is 14.2. The van der Waals surface area contributed by atoms with E-state index in [1.165, 1.54) is 17.8 Å². The first-order chi connectivity index (χ1) is 17.8. The second-order valence-electron chi connectivity index (χ2n) is 8.21. The second-order valence-corrected chi connectivity index (χ2v) is 9.89. The molecule has 0 bridgehead atoms. The topological polar surface area (TPSA) is 67.9 Å². The lowest BCUT2D eigenvalue weighted by atomic mass is 10.1. The van der Waals surface area contributed by atoms with Crippen LogP contribution in [0.4, 0.5) is 10.1 Å². The van der Waals surface area contributed by atoms with E-state index < -0.39 is 11.7 Å². The molecule has 4 rings (SSSR count). The van der Waals surface area contributed by atoms with Crippen LogP contribution in [0.15, 0.2) is 71.6 Å². The first-order valence-electron chi connectivity index (χ1n) is 11.6. The molecule has 1 N–H and O–H groups in total. The van der Waals surface area contributed by atoms with Gasteiger partial charge in [-0.25, -0.2) is 4.39 Å². The van der Waals surface area contributed by atoms with Crippen molar-refractivity contribution in [2.75, 3.05) is 18.5 Å². The summed E-state index contributed by atoms with van der Waals surface area (Å²) in [6.45, 7) is 4.10. The van der Waals surface area contributed by atoms with E-state index in [1.807, 2.05) is 44.2 Å². The molecule has 1 aliphatic rings. The number of nitrogens with one attached hydrogen (secondary N) is 1. The Morgan fingerprint density at radius 3 is 2.62 bits per heavy atom. The van der Waals surface area contributed by atoms with Crippen LogP contribution in [-0.2, 0) is 16.1 Å². The third kappa shape index (κ3) is 6.75. The number of hydrogen-bond donors (Lipinski definition) is 1. The minimum absolute atomic E-state index is 0.0959. The molecular formula is C28H25FN2O4S2. The smallest absolute Gasteiger partial charge is 0.266 e. The van der Waals surface area contributed by atoms with Gasteiger partial charge < -0.3 is 14.8 Å². The van der Waals surface area contributed by atoms with E-state index in [0.29, 0.717) is 33.9 Å². The first-order valence-corrected chi connectivity index (χ1v) is 12.8. The number of hydrogen-bond acceptors (Lipinski definition) is 6. The molecule has 1 aliphatic heterocycles. The molecule has 190 valence electrons. The second kappa shape index (κ2) is 12.0. The summed E-state index contributed by atoms with van der Waals surface area (Å²) in [7, 11) is 0. The molecule has 1 saturated heterocycles. The molecule has 0 aliphatic carbocycles. The average molecular weight is 537 g/mol. The van der Waals surface area contributed by atoms with E-state index in [2.05, 4.69) is 5.32 Å². The van der Waals surface area contributed by atoms with Crippen molar-refractivity contribution in [1.29, 1.82) is 0 Å². The SMILES string of the molecule is CCOc1cc(/C=C2\SC(=S)N(Cc3ccccc3)C2=O)ccc1OCC(=O)Nc1cc(C)ccc1F. The lowest BCUT2D eigenvalue weighted by Crippen LogP contribution is -2.27. The van der Waals surface area contributed by atoms with Crippen LogP contribution in [0.25, 0.3) is 6.08 Å². The van der Waals surface area contributed by atoms with Crippen LogP contribution in [0.3, 0.4) is 0 Å². The summed E-state index contributed by atoms with van der Waals surface area (Å²) in [5, 5.41) is 2.52. The number of nitrogens with zero attached hydrogens (tertiary/aromatic N) is 1. The third-order valence-electron chi connectivity index (χ3n) is 5.38. The highest BCUT2D eigenvalue weighted by molar-refractivity contribution is 8.26. The Labute approximate surface area is 224 Å². The van der Waals surface area contributed by atoms with Gasteiger partial charge in [0.15, 0.2) is 18.1 Å². The number of benzene rings is 3. The lowest BCUT2D eigenvalue weighted by molar-refractivity contribution is -0.122. The van der Waals surface area contributed by atoms with Crippen LogP contribution in [-0.4, -0.2) is 34.2 Å². The molecule has 37 heavy (non-hydrogen) atoms. The van der Waals surface area contributed by atoms with Crippen LogP contribution in [0.5, 0.6) is 11.5 Å². The van der Waals surface area contributed by atoms with Crippen LogP contribution >= 0.6 is 24.0 Å². The molecule has 0 radical (unpaired) electrons. The maximum Gasteiger partial charge on any atom is 0.266 e. The quantitative estimate of drug-likeness (QED) is 0.269. The van der Waals surface area contributed by atoms with Crippen LogP contribution < -0.4 is 14.8 Å². The molecule has 0 unspecified atom stereocenters. The highest BCUT2D eigenvalue weighted by Crippen LogP contribution is 2.35. The van der Waals surface area contributed by atoms with E-state index >= 15 is 0 Å². The zero-order chi connectivity index (χ0) is 26.4. The summed E-state index contributed by atoms with van der Waals surface area (Å²) in [5.41, 5.74) is 2.64. The number of carbonyl (C=O) groups is 2. The Balaban J connectivity index is 1.44. The molecule has 0 aromatic heterocycles. The largest absolute Gasteiger partial charge is 0.490 e. The van der Waals surface area contributed by atoms with E-state index in [-0.39, 0.29) is 18.2 Å². The number of thiocarbonyl (C=S) groups is 1. The van der Waals surface area contributed by atoms with Crippen molar-refractivity contribution in [3.8, 4) is 11.5 Å². The molecule has 3 aromatic rings. The van der Waals surface area contributed by atoms with Gasteiger partial charge in [-0.2, -0.15) is 0 Å². The number of halogens is 1. The van der Waals surface area contributed by atoms with Gasteiger partial charge in [-0.05, 0) is 60.9 Å². The fourth-order valence-corrected chi connectivity index (χ4v) is 4.88. The van der Waals surface area contributed by atoms with E-state index in [9.17, 15) is 14.0 Å². The molecule has 3 aromatic carbocycles. The highest BCUT2D eigenvalue weighted by atomic mass is 32.2. The molecule has 6 nitrogen and oxygen atoms in total. The van der Waals surface area contributed by atoms with Gasteiger partial charge in [0.05, 0.1) is 23.7 Å². The zero-order valence-corrected chi connectivity index (χ0v) is 22.0. The average Bonchev–Trinajstić information content (AvgIpc) is 3.14. The summed E-state index contributed by atoms with van der Waals surface area (Å²) in [6, 6.07) is 19.3. The number of carbonyl (C=O) groups excluding carboxylic acids is 2. The maximum atomic E-state index is 13.9. The van der Waals surface area contributed by atoms with Crippen molar-refractivity contribution in [1.82, 2.24) is 4.90 Å². The molecule has 1 heterocycles. The highest BCUT2D eigenvalue weighted by Gasteiger charge is 2.32. The van der Waals surface area contributed by atoms with Gasteiger partial charge in [0.25, 0.3) is 11.8 Å². The van der Waals surface area contributed by atoms with Gasteiger partial charge in [-0.1, -0.05) is 66.4 Å². The Morgan fingerprint density at radius 1 is 1.08 bits per heavy atom. The van der Waals surface area contributed by atoms with Crippen LogP contribution in [0, 0.1) is 12.7 Å². The number of rotatable bonds is 9. The standard InChI is InChI=1S/C28H25FN2O4S2/c1-3-34-24-14-20(15-25-27(33)31(28(36)37-25)16-19-7-5-4-6-8-19)10-12-23(24)35-17-26(32)30-22-13-18(2)9-11-21(22)29/h4-15H,3,16-17H2,1-2H3,(H,30,32)/b25-15-. The molecule has 0 saturated carbocycles. The van der Waals surface area contributed by atoms with Crippen LogP contribution in [0.1, 0.15) is 23.6 Å². The number of ether oxygens (including phenoxy) is 2. The summed E-state index contributed by atoms with van der Waals surface area (Å²) in [6.07, 6.45) is 1.75. The van der Waals surface area contributed by atoms with Gasteiger partial charge >= 0.3 is 0 Å². The fourth-order valence-electron chi connectivity index (χ4n) is 3.62. The molecule has 9 heteroatoms. The van der Waals surface area contributed by atoms with E-state index in [0.717, 1.165) is 16.7 Å². The molecule has 0 spiro atoms. The maximum absolute atomic E-state index is 13.9. The Morgan fingerprint density at radius 2 is 1.86 bits per heavy atom. The van der Waals surface area contributed by atoms with E-state index in [4.69, 9.17) is 21.7 Å². The first kappa shape index (κ1) is 26.4. The van der Waals surface area contributed by atoms with Crippen molar-refractivity contribution in [3.63, 3.8) is 0 Å². The van der Waals surface area contributed by atoms with Gasteiger partial charge in [0.2, 0.25) is 0 Å². The minimum Gasteiger partial charge on any atom is -0.490 e. The number of aryl methyl sites for hydroxylation is 1. The number of anilines is 1. The van der Waals surface area contributed by atoms with E-state index in [1.54, 1.807) is 41.3 Å². The number of thioether (sulfide) groups is 1. The fraction of sp³-hybridized carbons (Fsp3) is 0.179. The zero-order valence-electron chi connectivity index (χ0n) is 20.3. The summed E-state index contributed by atoms with van der Waals surface area (Å²) >= 11 is 6.69. The van der Waals surface area contributed by atoms with Crippen molar-refractivity contribution < 1.29 is 23.5 Å². The summed E-state index contributed by atoms with van der Waals surface area (Å²) in [5.74, 6) is -0.399. The Hall–Kier alpha value is -3.69. The molecule has 2 amide bonds. The van der Waals surface area contributed by atoms with Crippen molar-refractivity contribution in [2.45, 2.75) is 20.4 Å².